The van der Waals surface area contributed by atoms with Gasteiger partial charge in [-0.15, -0.1) is 0 Å². The summed E-state index contributed by atoms with van der Waals surface area (Å²) in [5, 5.41) is 0.859. The van der Waals surface area contributed by atoms with E-state index in [0.29, 0.717) is 6.04 Å². The van der Waals surface area contributed by atoms with Gasteiger partial charge in [-0.3, -0.25) is 9.78 Å². The third-order valence-electron chi connectivity index (χ3n) is 3.05. The van der Waals surface area contributed by atoms with E-state index in [9.17, 15) is 4.79 Å². The van der Waals surface area contributed by atoms with E-state index in [4.69, 9.17) is 0 Å². The number of carbonyl (C=O) groups excluding carboxylic acids is 1. The van der Waals surface area contributed by atoms with E-state index >= 15 is 0 Å². The molecule has 2 heterocycles. The lowest BCUT2D eigenvalue weighted by molar-refractivity contribution is 0.0749. The Hall–Kier alpha value is -0.900. The highest BCUT2D eigenvalue weighted by atomic mass is 79.9. The lowest BCUT2D eigenvalue weighted by Crippen LogP contribution is -2.36. The number of aromatic nitrogens is 1. The first-order valence-corrected chi connectivity index (χ1v) is 6.64. The Bertz CT molecular complexity index is 394. The minimum absolute atomic E-state index is 0.118. The summed E-state index contributed by atoms with van der Waals surface area (Å²) in [5.41, 5.74) is 1.54. The quantitative estimate of drug-likeness (QED) is 0.781. The smallest absolute Gasteiger partial charge is 0.255 e. The molecular formula is C12H15BrN2O. The zero-order valence-corrected chi connectivity index (χ0v) is 10.9. The molecule has 0 spiro atoms. The van der Waals surface area contributed by atoms with E-state index in [1.54, 1.807) is 6.20 Å². The van der Waals surface area contributed by atoms with Crippen LogP contribution in [0.1, 0.15) is 28.9 Å². The Kier molecular flexibility index (Phi) is 3.59. The Labute approximate surface area is 104 Å². The standard InChI is InChI=1S/C12H15BrN2O/c1-9-11(5-2-6-14-9)12(16)15-7-3-4-10(15)8-13/h2,5-6,10H,3-4,7-8H2,1H3. The number of aryl methyl sites for hydroxylation is 1. The van der Waals surface area contributed by atoms with Crippen LogP contribution in [0.25, 0.3) is 0 Å². The van der Waals surface area contributed by atoms with Crippen molar-refractivity contribution in [1.29, 1.82) is 0 Å². The van der Waals surface area contributed by atoms with Crippen LogP contribution < -0.4 is 0 Å². The van der Waals surface area contributed by atoms with Crippen molar-refractivity contribution in [1.82, 2.24) is 9.88 Å². The predicted molar refractivity (Wildman–Crippen MR) is 66.8 cm³/mol. The molecule has 0 saturated carbocycles. The van der Waals surface area contributed by atoms with Crippen LogP contribution in [0.3, 0.4) is 0 Å². The Morgan fingerprint density at radius 3 is 3.19 bits per heavy atom. The third kappa shape index (κ3) is 2.12. The van der Waals surface area contributed by atoms with Crippen molar-refractivity contribution in [2.45, 2.75) is 25.8 Å². The van der Waals surface area contributed by atoms with Crippen LogP contribution in [-0.4, -0.2) is 33.7 Å². The normalized spacial score (nSPS) is 20.1. The molecule has 0 N–H and O–H groups in total. The molecule has 2 rings (SSSR count). The minimum atomic E-state index is 0.118. The first-order valence-electron chi connectivity index (χ1n) is 5.52. The second kappa shape index (κ2) is 4.95. The number of rotatable bonds is 2. The van der Waals surface area contributed by atoms with Crippen molar-refractivity contribution >= 4 is 21.8 Å². The van der Waals surface area contributed by atoms with Crippen molar-refractivity contribution in [3.05, 3.63) is 29.6 Å². The van der Waals surface area contributed by atoms with Crippen LogP contribution in [0.2, 0.25) is 0 Å². The molecule has 86 valence electrons. The van der Waals surface area contributed by atoms with Gasteiger partial charge < -0.3 is 4.90 Å². The van der Waals surface area contributed by atoms with Crippen LogP contribution >= 0.6 is 15.9 Å². The average molecular weight is 283 g/mol. The van der Waals surface area contributed by atoms with Gasteiger partial charge in [0.25, 0.3) is 5.91 Å². The van der Waals surface area contributed by atoms with E-state index in [-0.39, 0.29) is 5.91 Å². The summed E-state index contributed by atoms with van der Waals surface area (Å²) >= 11 is 3.47. The Balaban J connectivity index is 2.22. The van der Waals surface area contributed by atoms with Crippen molar-refractivity contribution in [3.8, 4) is 0 Å². The molecule has 4 heteroatoms. The lowest BCUT2D eigenvalue weighted by atomic mass is 10.1. The fourth-order valence-corrected chi connectivity index (χ4v) is 2.80. The molecule has 1 saturated heterocycles. The van der Waals surface area contributed by atoms with Gasteiger partial charge in [0.05, 0.1) is 5.56 Å². The second-order valence-corrected chi connectivity index (χ2v) is 4.73. The first kappa shape index (κ1) is 11.6. The molecule has 1 aromatic heterocycles. The molecule has 1 fully saturated rings. The van der Waals surface area contributed by atoms with E-state index in [1.807, 2.05) is 24.0 Å². The van der Waals surface area contributed by atoms with Gasteiger partial charge in [-0.25, -0.2) is 0 Å². The highest BCUT2D eigenvalue weighted by Crippen LogP contribution is 2.22. The number of hydrogen-bond acceptors (Lipinski definition) is 2. The average Bonchev–Trinajstić information content (AvgIpc) is 2.77. The van der Waals surface area contributed by atoms with Crippen LogP contribution in [0.15, 0.2) is 18.3 Å². The van der Waals surface area contributed by atoms with Crippen molar-refractivity contribution in [2.24, 2.45) is 0 Å². The molecule has 16 heavy (non-hydrogen) atoms. The molecular weight excluding hydrogens is 268 g/mol. The maximum Gasteiger partial charge on any atom is 0.255 e. The molecule has 1 unspecified atom stereocenters. The molecule has 0 aromatic carbocycles. The molecule has 1 aliphatic rings. The van der Waals surface area contributed by atoms with Crippen molar-refractivity contribution in [2.75, 3.05) is 11.9 Å². The van der Waals surface area contributed by atoms with Gasteiger partial charge >= 0.3 is 0 Å². The minimum Gasteiger partial charge on any atom is -0.335 e. The summed E-state index contributed by atoms with van der Waals surface area (Å²) in [6.45, 7) is 2.75. The molecule has 3 nitrogen and oxygen atoms in total. The number of likely N-dealkylation sites (tertiary alicyclic amines) is 1. The predicted octanol–water partition coefficient (Wildman–Crippen LogP) is 2.39. The maximum absolute atomic E-state index is 12.3. The van der Waals surface area contributed by atoms with Gasteiger partial charge in [0, 0.05) is 29.8 Å². The fraction of sp³-hybridized carbons (Fsp3) is 0.500. The third-order valence-corrected chi connectivity index (χ3v) is 3.80. The summed E-state index contributed by atoms with van der Waals surface area (Å²) in [5.74, 6) is 0.118. The molecule has 1 amide bonds. The Morgan fingerprint density at radius 1 is 1.69 bits per heavy atom. The number of carbonyl (C=O) groups is 1. The fourth-order valence-electron chi connectivity index (χ4n) is 2.13. The van der Waals surface area contributed by atoms with Crippen LogP contribution in [0.5, 0.6) is 0 Å². The van der Waals surface area contributed by atoms with Gasteiger partial charge in [0.15, 0.2) is 0 Å². The maximum atomic E-state index is 12.3. The monoisotopic (exact) mass is 282 g/mol. The largest absolute Gasteiger partial charge is 0.335 e. The topological polar surface area (TPSA) is 33.2 Å². The van der Waals surface area contributed by atoms with E-state index < -0.39 is 0 Å². The molecule has 1 aromatic rings. The number of alkyl halides is 1. The van der Waals surface area contributed by atoms with E-state index in [0.717, 1.165) is 36.0 Å². The zero-order valence-electron chi connectivity index (χ0n) is 9.32. The number of pyridine rings is 1. The van der Waals surface area contributed by atoms with Gasteiger partial charge in [-0.05, 0) is 31.9 Å². The summed E-state index contributed by atoms with van der Waals surface area (Å²) in [6, 6.07) is 4.01. The number of nitrogens with zero attached hydrogens (tertiary/aromatic N) is 2. The second-order valence-electron chi connectivity index (χ2n) is 4.09. The zero-order chi connectivity index (χ0) is 11.5. The molecule has 0 aliphatic carbocycles. The lowest BCUT2D eigenvalue weighted by Gasteiger charge is -2.23. The molecule has 0 bridgehead atoms. The van der Waals surface area contributed by atoms with Crippen molar-refractivity contribution in [3.63, 3.8) is 0 Å². The molecule has 1 aliphatic heterocycles. The van der Waals surface area contributed by atoms with Gasteiger partial charge in [-0.2, -0.15) is 0 Å². The SMILES string of the molecule is Cc1ncccc1C(=O)N1CCCC1CBr. The number of amides is 1. The highest BCUT2D eigenvalue weighted by Gasteiger charge is 2.29. The number of halogens is 1. The summed E-state index contributed by atoms with van der Waals surface area (Å²) in [7, 11) is 0. The van der Waals surface area contributed by atoms with Crippen molar-refractivity contribution < 1.29 is 4.79 Å². The van der Waals surface area contributed by atoms with E-state index in [2.05, 4.69) is 20.9 Å². The summed E-state index contributed by atoms with van der Waals surface area (Å²) in [4.78, 5) is 18.4. The van der Waals surface area contributed by atoms with Gasteiger partial charge in [-0.1, -0.05) is 15.9 Å². The molecule has 0 radical (unpaired) electrons. The summed E-state index contributed by atoms with van der Waals surface area (Å²) < 4.78 is 0. The molecule has 1 atom stereocenters. The van der Waals surface area contributed by atoms with Crippen LogP contribution in [-0.2, 0) is 0 Å². The summed E-state index contributed by atoms with van der Waals surface area (Å²) in [6.07, 6.45) is 3.91. The van der Waals surface area contributed by atoms with Crippen LogP contribution in [0.4, 0.5) is 0 Å². The van der Waals surface area contributed by atoms with Crippen LogP contribution in [0, 0.1) is 6.92 Å². The van der Waals surface area contributed by atoms with Gasteiger partial charge in [0.1, 0.15) is 0 Å². The number of hydrogen-bond donors (Lipinski definition) is 0. The first-order chi connectivity index (χ1) is 7.74. The highest BCUT2D eigenvalue weighted by molar-refractivity contribution is 9.09. The van der Waals surface area contributed by atoms with Gasteiger partial charge in [0.2, 0.25) is 0 Å². The Morgan fingerprint density at radius 2 is 2.50 bits per heavy atom. The van der Waals surface area contributed by atoms with E-state index in [1.165, 1.54) is 0 Å².